The minimum absolute atomic E-state index is 0.0706. The van der Waals surface area contributed by atoms with E-state index in [0.717, 1.165) is 27.7 Å². The number of benzene rings is 1. The first-order valence-electron chi connectivity index (χ1n) is 6.35. The van der Waals surface area contributed by atoms with E-state index in [1.165, 1.54) is 11.1 Å². The Morgan fingerprint density at radius 2 is 2.00 bits per heavy atom. The van der Waals surface area contributed by atoms with Crippen LogP contribution in [0.25, 0.3) is 0 Å². The summed E-state index contributed by atoms with van der Waals surface area (Å²) in [5, 5.41) is 3.53. The van der Waals surface area contributed by atoms with Gasteiger partial charge in [-0.2, -0.15) is 0 Å². The number of nitrogens with one attached hydrogen (secondary N) is 1. The molecule has 0 radical (unpaired) electrons. The zero-order valence-corrected chi connectivity index (χ0v) is 14.2. The summed E-state index contributed by atoms with van der Waals surface area (Å²) in [6.07, 6.45) is 2.80. The van der Waals surface area contributed by atoms with Crippen molar-refractivity contribution in [2.75, 3.05) is 6.54 Å². The predicted molar refractivity (Wildman–Crippen MR) is 85.4 cm³/mol. The topological polar surface area (TPSA) is 25.2 Å². The van der Waals surface area contributed by atoms with Crippen LogP contribution in [0.2, 0.25) is 0 Å². The van der Waals surface area contributed by atoms with Crippen molar-refractivity contribution in [2.24, 2.45) is 0 Å². The van der Waals surface area contributed by atoms with Gasteiger partial charge in [-0.1, -0.05) is 35.0 Å². The highest BCUT2D eigenvalue weighted by Gasteiger charge is 2.19. The zero-order valence-electron chi connectivity index (χ0n) is 11.0. The van der Waals surface area contributed by atoms with Crippen molar-refractivity contribution >= 4 is 31.9 Å². The summed E-state index contributed by atoms with van der Waals surface area (Å²) < 4.78 is 7.74. The van der Waals surface area contributed by atoms with E-state index in [-0.39, 0.29) is 6.04 Å². The molecule has 1 N–H and O–H groups in total. The second-order valence-electron chi connectivity index (χ2n) is 4.53. The molecule has 0 amide bonds. The molecular formula is C15H17Br2NO. The van der Waals surface area contributed by atoms with Crippen LogP contribution in [-0.2, 0) is 0 Å². The van der Waals surface area contributed by atoms with Gasteiger partial charge in [0.05, 0.1) is 16.8 Å². The van der Waals surface area contributed by atoms with Gasteiger partial charge in [0.1, 0.15) is 5.76 Å². The molecule has 4 heteroatoms. The van der Waals surface area contributed by atoms with Crippen LogP contribution in [0.3, 0.4) is 0 Å². The lowest BCUT2D eigenvalue weighted by molar-refractivity contribution is 0.444. The van der Waals surface area contributed by atoms with E-state index in [0.29, 0.717) is 0 Å². The molecule has 0 spiro atoms. The fourth-order valence-electron chi connectivity index (χ4n) is 1.95. The maximum atomic E-state index is 5.62. The minimum atomic E-state index is 0.0706. The van der Waals surface area contributed by atoms with Crippen LogP contribution in [-0.4, -0.2) is 6.54 Å². The molecule has 19 heavy (non-hydrogen) atoms. The van der Waals surface area contributed by atoms with E-state index >= 15 is 0 Å². The van der Waals surface area contributed by atoms with Gasteiger partial charge in [-0.3, -0.25) is 0 Å². The van der Waals surface area contributed by atoms with Crippen molar-refractivity contribution in [2.45, 2.75) is 26.3 Å². The van der Waals surface area contributed by atoms with E-state index in [2.05, 4.69) is 69.2 Å². The molecule has 0 aliphatic rings. The quantitative estimate of drug-likeness (QED) is 0.763. The van der Waals surface area contributed by atoms with Crippen molar-refractivity contribution in [3.05, 3.63) is 56.4 Å². The number of halogens is 2. The third-order valence-electron chi connectivity index (χ3n) is 3.03. The van der Waals surface area contributed by atoms with E-state index in [1.54, 1.807) is 6.26 Å². The summed E-state index contributed by atoms with van der Waals surface area (Å²) in [7, 11) is 0. The maximum Gasteiger partial charge on any atom is 0.139 e. The molecule has 102 valence electrons. The Bertz CT molecular complexity index is 551. The average molecular weight is 387 g/mol. The molecule has 0 saturated carbocycles. The molecule has 1 aromatic heterocycles. The Morgan fingerprint density at radius 3 is 2.58 bits per heavy atom. The van der Waals surface area contributed by atoms with Crippen LogP contribution in [0, 0.1) is 6.92 Å². The van der Waals surface area contributed by atoms with Crippen LogP contribution < -0.4 is 5.32 Å². The molecule has 2 nitrogen and oxygen atoms in total. The summed E-state index contributed by atoms with van der Waals surface area (Å²) in [6, 6.07) is 8.41. The zero-order chi connectivity index (χ0) is 13.8. The normalized spacial score (nSPS) is 12.6. The summed E-state index contributed by atoms with van der Waals surface area (Å²) in [4.78, 5) is 0. The first-order valence-corrected chi connectivity index (χ1v) is 7.94. The standard InChI is InChI=1S/C15H17Br2NO/c1-3-7-18-14(15-12(16)6-8-19-15)11-5-4-10(2)13(17)9-11/h4-6,8-9,14,18H,3,7H2,1-2H3. The van der Waals surface area contributed by atoms with E-state index in [1.807, 2.05) is 6.07 Å². The Hall–Kier alpha value is -0.580. The fourth-order valence-corrected chi connectivity index (χ4v) is 2.78. The molecule has 1 unspecified atom stereocenters. The molecule has 1 aromatic carbocycles. The molecule has 0 aliphatic carbocycles. The smallest absolute Gasteiger partial charge is 0.139 e. The lowest BCUT2D eigenvalue weighted by Gasteiger charge is -2.18. The van der Waals surface area contributed by atoms with Crippen molar-refractivity contribution in [1.82, 2.24) is 5.32 Å². The van der Waals surface area contributed by atoms with Crippen molar-refractivity contribution in [3.8, 4) is 0 Å². The number of aryl methyl sites for hydroxylation is 1. The molecule has 2 rings (SSSR count). The SMILES string of the molecule is CCCNC(c1ccc(C)c(Br)c1)c1occc1Br. The lowest BCUT2D eigenvalue weighted by Crippen LogP contribution is -2.23. The fraction of sp³-hybridized carbons (Fsp3) is 0.333. The predicted octanol–water partition coefficient (Wildman–Crippen LogP) is 5.20. The highest BCUT2D eigenvalue weighted by molar-refractivity contribution is 9.10. The van der Waals surface area contributed by atoms with E-state index in [4.69, 9.17) is 4.42 Å². The molecule has 0 saturated heterocycles. The van der Waals surface area contributed by atoms with Gasteiger partial charge in [0.2, 0.25) is 0 Å². The second kappa shape index (κ2) is 6.73. The summed E-state index contributed by atoms with van der Waals surface area (Å²) in [5.74, 6) is 0.921. The highest BCUT2D eigenvalue weighted by Crippen LogP contribution is 2.31. The molecule has 0 bridgehead atoms. The van der Waals surface area contributed by atoms with Gasteiger partial charge in [0.15, 0.2) is 0 Å². The first-order chi connectivity index (χ1) is 9.13. The van der Waals surface area contributed by atoms with Gasteiger partial charge in [-0.15, -0.1) is 0 Å². The van der Waals surface area contributed by atoms with Crippen LogP contribution in [0.5, 0.6) is 0 Å². The second-order valence-corrected chi connectivity index (χ2v) is 6.24. The van der Waals surface area contributed by atoms with Gasteiger partial charge < -0.3 is 9.73 Å². The third kappa shape index (κ3) is 3.50. The van der Waals surface area contributed by atoms with Gasteiger partial charge in [-0.25, -0.2) is 0 Å². The minimum Gasteiger partial charge on any atom is -0.466 e. The van der Waals surface area contributed by atoms with E-state index < -0.39 is 0 Å². The van der Waals surface area contributed by atoms with Crippen LogP contribution in [0.1, 0.15) is 36.3 Å². The molecule has 2 aromatic rings. The third-order valence-corrected chi connectivity index (χ3v) is 4.54. The van der Waals surface area contributed by atoms with Gasteiger partial charge >= 0.3 is 0 Å². The van der Waals surface area contributed by atoms with Gasteiger partial charge in [0, 0.05) is 4.47 Å². The van der Waals surface area contributed by atoms with Crippen molar-refractivity contribution in [3.63, 3.8) is 0 Å². The average Bonchev–Trinajstić information content (AvgIpc) is 2.80. The number of hydrogen-bond acceptors (Lipinski definition) is 2. The van der Waals surface area contributed by atoms with Gasteiger partial charge in [-0.05, 0) is 59.1 Å². The van der Waals surface area contributed by atoms with Crippen molar-refractivity contribution in [1.29, 1.82) is 0 Å². The molecule has 0 aliphatic heterocycles. The molecule has 1 atom stereocenters. The van der Waals surface area contributed by atoms with Crippen LogP contribution in [0.15, 0.2) is 43.9 Å². The molecule has 1 heterocycles. The first kappa shape index (κ1) is 14.8. The monoisotopic (exact) mass is 385 g/mol. The summed E-state index contributed by atoms with van der Waals surface area (Å²) in [6.45, 7) is 5.20. The largest absolute Gasteiger partial charge is 0.466 e. The number of furan rings is 1. The van der Waals surface area contributed by atoms with Crippen LogP contribution >= 0.6 is 31.9 Å². The van der Waals surface area contributed by atoms with Crippen LogP contribution in [0.4, 0.5) is 0 Å². The maximum absolute atomic E-state index is 5.62. The van der Waals surface area contributed by atoms with Crippen molar-refractivity contribution < 1.29 is 4.42 Å². The van der Waals surface area contributed by atoms with Gasteiger partial charge in [0.25, 0.3) is 0 Å². The Balaban J connectivity index is 2.37. The molecular weight excluding hydrogens is 370 g/mol. The number of rotatable bonds is 5. The Morgan fingerprint density at radius 1 is 1.21 bits per heavy atom. The summed E-state index contributed by atoms with van der Waals surface area (Å²) in [5.41, 5.74) is 2.43. The van der Waals surface area contributed by atoms with E-state index in [9.17, 15) is 0 Å². The number of hydrogen-bond donors (Lipinski definition) is 1. The molecule has 0 fully saturated rings. The highest BCUT2D eigenvalue weighted by atomic mass is 79.9. The summed E-state index contributed by atoms with van der Waals surface area (Å²) >= 11 is 7.14. The Kier molecular flexibility index (Phi) is 5.25. The Labute approximate surface area is 130 Å². The lowest BCUT2D eigenvalue weighted by atomic mass is 10.0.